The van der Waals surface area contributed by atoms with E-state index in [9.17, 15) is 4.79 Å². The Kier molecular flexibility index (Phi) is 4.34. The molecule has 3 aliphatic heterocycles. The molecule has 0 aliphatic carbocycles. The SMILES string of the molecule is O=c1c(CN2CCCC2)ccc2n1C[C@H]1C[C@@H]2CN(c2cnc3ccccc3n2)C1. The molecule has 2 bridgehead atoms. The second-order valence-electron chi connectivity index (χ2n) is 9.10. The number of rotatable bonds is 3. The third-order valence-corrected chi connectivity index (χ3v) is 7.04. The van der Waals surface area contributed by atoms with Gasteiger partial charge in [-0.1, -0.05) is 18.2 Å². The summed E-state index contributed by atoms with van der Waals surface area (Å²) < 4.78 is 2.08. The Balaban J connectivity index is 1.28. The highest BCUT2D eigenvalue weighted by Crippen LogP contribution is 2.36. The fourth-order valence-corrected chi connectivity index (χ4v) is 5.58. The highest BCUT2D eigenvalue weighted by molar-refractivity contribution is 5.75. The molecule has 3 aliphatic rings. The number of nitrogens with zero attached hydrogens (tertiary/aromatic N) is 5. The average molecular weight is 402 g/mol. The van der Waals surface area contributed by atoms with Crippen LogP contribution in [0.3, 0.4) is 0 Å². The van der Waals surface area contributed by atoms with E-state index in [1.54, 1.807) is 0 Å². The van der Waals surface area contributed by atoms with Crippen molar-refractivity contribution in [3.63, 3.8) is 0 Å². The second-order valence-corrected chi connectivity index (χ2v) is 9.10. The van der Waals surface area contributed by atoms with E-state index in [-0.39, 0.29) is 5.56 Å². The van der Waals surface area contributed by atoms with Gasteiger partial charge in [-0.2, -0.15) is 0 Å². The highest BCUT2D eigenvalue weighted by Gasteiger charge is 2.35. The summed E-state index contributed by atoms with van der Waals surface area (Å²) in [6.45, 7) is 5.69. The van der Waals surface area contributed by atoms with Crippen LogP contribution in [0, 0.1) is 5.92 Å². The van der Waals surface area contributed by atoms with Gasteiger partial charge in [0.15, 0.2) is 0 Å². The van der Waals surface area contributed by atoms with Crippen LogP contribution in [0.25, 0.3) is 11.0 Å². The van der Waals surface area contributed by atoms with Crippen LogP contribution in [0.2, 0.25) is 0 Å². The summed E-state index contributed by atoms with van der Waals surface area (Å²) in [5.74, 6) is 1.80. The smallest absolute Gasteiger partial charge is 0.255 e. The number of aromatic nitrogens is 3. The molecule has 0 N–H and O–H groups in total. The summed E-state index contributed by atoms with van der Waals surface area (Å²) in [6, 6.07) is 12.3. The van der Waals surface area contributed by atoms with Crippen LogP contribution in [0.5, 0.6) is 0 Å². The van der Waals surface area contributed by atoms with E-state index in [1.165, 1.54) is 18.5 Å². The minimum absolute atomic E-state index is 0.230. The van der Waals surface area contributed by atoms with Gasteiger partial charge >= 0.3 is 0 Å². The molecule has 0 radical (unpaired) electrons. The van der Waals surface area contributed by atoms with Gasteiger partial charge in [-0.25, -0.2) is 4.98 Å². The minimum Gasteiger partial charge on any atom is -0.354 e. The van der Waals surface area contributed by atoms with Crippen molar-refractivity contribution in [3.05, 3.63) is 64.2 Å². The van der Waals surface area contributed by atoms with Gasteiger partial charge in [-0.3, -0.25) is 14.7 Å². The Hall–Kier alpha value is -2.73. The molecule has 2 fully saturated rings. The van der Waals surface area contributed by atoms with Crippen molar-refractivity contribution in [2.24, 2.45) is 5.92 Å². The van der Waals surface area contributed by atoms with Gasteiger partial charge in [0.05, 0.1) is 17.2 Å². The summed E-state index contributed by atoms with van der Waals surface area (Å²) in [6.07, 6.45) is 5.56. The zero-order valence-electron chi connectivity index (χ0n) is 17.2. The van der Waals surface area contributed by atoms with Crippen molar-refractivity contribution in [2.75, 3.05) is 31.1 Å². The minimum atomic E-state index is 0.230. The second kappa shape index (κ2) is 7.20. The molecule has 154 valence electrons. The van der Waals surface area contributed by atoms with Gasteiger partial charge in [0.1, 0.15) is 5.82 Å². The quantitative estimate of drug-likeness (QED) is 0.675. The van der Waals surface area contributed by atoms with Gasteiger partial charge in [0.2, 0.25) is 0 Å². The van der Waals surface area contributed by atoms with Crippen LogP contribution in [-0.4, -0.2) is 45.6 Å². The van der Waals surface area contributed by atoms with Crippen molar-refractivity contribution in [3.8, 4) is 0 Å². The summed E-state index contributed by atoms with van der Waals surface area (Å²) >= 11 is 0. The summed E-state index contributed by atoms with van der Waals surface area (Å²) in [5, 5.41) is 0. The first-order chi connectivity index (χ1) is 14.7. The molecular weight excluding hydrogens is 374 g/mol. The first kappa shape index (κ1) is 18.1. The Labute approximate surface area is 176 Å². The van der Waals surface area contributed by atoms with Crippen molar-refractivity contribution in [1.29, 1.82) is 0 Å². The Bertz CT molecular complexity index is 1150. The van der Waals surface area contributed by atoms with E-state index in [0.717, 1.165) is 68.1 Å². The molecule has 6 nitrogen and oxygen atoms in total. The fraction of sp³-hybridized carbons (Fsp3) is 0.458. The molecule has 5 heterocycles. The maximum atomic E-state index is 13.2. The van der Waals surface area contributed by atoms with Gasteiger partial charge in [-0.15, -0.1) is 0 Å². The number of likely N-dealkylation sites (tertiary alicyclic amines) is 1. The Morgan fingerprint density at radius 2 is 1.80 bits per heavy atom. The number of hydrogen-bond donors (Lipinski definition) is 0. The van der Waals surface area contributed by atoms with Crippen molar-refractivity contribution in [2.45, 2.75) is 38.3 Å². The zero-order chi connectivity index (χ0) is 20.1. The number of piperidine rings is 1. The highest BCUT2D eigenvalue weighted by atomic mass is 16.1. The molecule has 3 aromatic rings. The third kappa shape index (κ3) is 3.10. The number of fused-ring (bicyclic) bond motifs is 5. The molecule has 1 aromatic carbocycles. The van der Waals surface area contributed by atoms with E-state index in [4.69, 9.17) is 4.98 Å². The molecule has 0 saturated carbocycles. The van der Waals surface area contributed by atoms with Gasteiger partial charge in [0.25, 0.3) is 5.56 Å². The molecule has 6 heteroatoms. The molecule has 0 amide bonds. The maximum Gasteiger partial charge on any atom is 0.255 e. The Morgan fingerprint density at radius 1 is 0.967 bits per heavy atom. The van der Waals surface area contributed by atoms with E-state index in [0.29, 0.717) is 11.8 Å². The molecule has 2 aromatic heterocycles. The van der Waals surface area contributed by atoms with Crippen LogP contribution in [0.15, 0.2) is 47.4 Å². The maximum absolute atomic E-state index is 13.2. The number of pyridine rings is 1. The fourth-order valence-electron chi connectivity index (χ4n) is 5.58. The molecule has 30 heavy (non-hydrogen) atoms. The molecule has 0 spiro atoms. The molecule has 0 unspecified atom stereocenters. The van der Waals surface area contributed by atoms with E-state index < -0.39 is 0 Å². The Morgan fingerprint density at radius 3 is 2.67 bits per heavy atom. The topological polar surface area (TPSA) is 54.3 Å². The molecule has 6 rings (SSSR count). The van der Waals surface area contributed by atoms with E-state index in [2.05, 4.69) is 31.5 Å². The number of para-hydroxylation sites is 2. The predicted octanol–water partition coefficient (Wildman–Crippen LogP) is 3.01. The standard InChI is InChI=1S/C24H27N5O/c30-24-18(15-27-9-3-4-10-27)7-8-22-19-11-17(14-29(22)24)13-28(16-19)23-12-25-20-5-1-2-6-21(20)26-23/h1-2,5-8,12,17,19H,3-4,9-11,13-16H2/t17-,19+/m0/s1. The summed E-state index contributed by atoms with van der Waals surface area (Å²) in [5.41, 5.74) is 4.25. The summed E-state index contributed by atoms with van der Waals surface area (Å²) in [4.78, 5) is 27.5. The number of hydrogen-bond acceptors (Lipinski definition) is 5. The van der Waals surface area contributed by atoms with Crippen LogP contribution in [0.1, 0.15) is 36.4 Å². The predicted molar refractivity (Wildman–Crippen MR) is 118 cm³/mol. The number of benzene rings is 1. The normalized spacial score (nSPS) is 23.7. The molecular formula is C24H27N5O. The van der Waals surface area contributed by atoms with E-state index >= 15 is 0 Å². The van der Waals surface area contributed by atoms with Crippen LogP contribution >= 0.6 is 0 Å². The molecule has 2 saturated heterocycles. The van der Waals surface area contributed by atoms with Crippen molar-refractivity contribution >= 4 is 16.9 Å². The largest absolute Gasteiger partial charge is 0.354 e. The lowest BCUT2D eigenvalue weighted by Crippen LogP contribution is -2.48. The first-order valence-corrected chi connectivity index (χ1v) is 11.2. The van der Waals surface area contributed by atoms with Gasteiger partial charge in [-0.05, 0) is 56.5 Å². The van der Waals surface area contributed by atoms with Crippen LogP contribution in [-0.2, 0) is 13.1 Å². The van der Waals surface area contributed by atoms with Crippen LogP contribution in [0.4, 0.5) is 5.82 Å². The first-order valence-electron chi connectivity index (χ1n) is 11.2. The monoisotopic (exact) mass is 401 g/mol. The van der Waals surface area contributed by atoms with Crippen molar-refractivity contribution < 1.29 is 0 Å². The van der Waals surface area contributed by atoms with Crippen molar-refractivity contribution in [1.82, 2.24) is 19.4 Å². The van der Waals surface area contributed by atoms with Gasteiger partial charge in [0, 0.05) is 43.4 Å². The van der Waals surface area contributed by atoms with Gasteiger partial charge < -0.3 is 9.47 Å². The summed E-state index contributed by atoms with van der Waals surface area (Å²) in [7, 11) is 0. The van der Waals surface area contributed by atoms with Crippen LogP contribution < -0.4 is 10.5 Å². The third-order valence-electron chi connectivity index (χ3n) is 7.04. The number of anilines is 1. The van der Waals surface area contributed by atoms with E-state index in [1.807, 2.05) is 30.5 Å². The molecule has 2 atom stereocenters. The lowest BCUT2D eigenvalue weighted by molar-refractivity contribution is 0.277. The zero-order valence-corrected chi connectivity index (χ0v) is 17.2. The lowest BCUT2D eigenvalue weighted by atomic mass is 9.83. The lowest BCUT2D eigenvalue weighted by Gasteiger charge is -2.43. The average Bonchev–Trinajstić information content (AvgIpc) is 3.29.